The van der Waals surface area contributed by atoms with Crippen LogP contribution in [0.2, 0.25) is 0 Å². The molecular formula is C15H24O3S2. The van der Waals surface area contributed by atoms with E-state index < -0.39 is 0 Å². The van der Waals surface area contributed by atoms with Gasteiger partial charge in [0, 0.05) is 35.7 Å². The molecule has 3 aliphatic rings. The van der Waals surface area contributed by atoms with Gasteiger partial charge in [0.2, 0.25) is 0 Å². The highest BCUT2D eigenvalue weighted by molar-refractivity contribution is 8.07. The topological polar surface area (TPSA) is 35.5 Å². The second-order valence-corrected chi connectivity index (χ2v) is 8.44. The highest BCUT2D eigenvalue weighted by Crippen LogP contribution is 2.56. The van der Waals surface area contributed by atoms with Gasteiger partial charge in [-0.05, 0) is 19.8 Å². The van der Waals surface area contributed by atoms with Gasteiger partial charge < -0.3 is 9.47 Å². The third-order valence-corrected chi connectivity index (χ3v) is 7.68. The van der Waals surface area contributed by atoms with E-state index >= 15 is 0 Å². The number of esters is 1. The molecule has 0 aromatic heterocycles. The van der Waals surface area contributed by atoms with Crippen LogP contribution < -0.4 is 0 Å². The van der Waals surface area contributed by atoms with Crippen LogP contribution in [-0.4, -0.2) is 47.3 Å². The minimum absolute atomic E-state index is 0.0217. The van der Waals surface area contributed by atoms with Crippen LogP contribution in [0.15, 0.2) is 0 Å². The molecule has 5 heteroatoms. The molecule has 0 bridgehead atoms. The minimum Gasteiger partial charge on any atom is -0.461 e. The Morgan fingerprint density at radius 3 is 2.70 bits per heavy atom. The lowest BCUT2D eigenvalue weighted by Gasteiger charge is -2.52. The summed E-state index contributed by atoms with van der Waals surface area (Å²) < 4.78 is 11.8. The molecule has 3 nitrogen and oxygen atoms in total. The lowest BCUT2D eigenvalue weighted by Crippen LogP contribution is -2.59. The molecular weight excluding hydrogens is 292 g/mol. The van der Waals surface area contributed by atoms with Gasteiger partial charge in [-0.25, -0.2) is 0 Å². The summed E-state index contributed by atoms with van der Waals surface area (Å²) in [5.41, 5.74) is 0.151. The van der Waals surface area contributed by atoms with Gasteiger partial charge in [0.15, 0.2) is 0 Å². The third kappa shape index (κ3) is 2.73. The van der Waals surface area contributed by atoms with Gasteiger partial charge in [-0.3, -0.25) is 4.79 Å². The van der Waals surface area contributed by atoms with E-state index in [0.29, 0.717) is 6.10 Å². The number of hydrogen-bond acceptors (Lipinski definition) is 5. The summed E-state index contributed by atoms with van der Waals surface area (Å²) >= 11 is 3.63. The molecule has 0 unspecified atom stereocenters. The zero-order valence-corrected chi connectivity index (χ0v) is 13.8. The molecule has 3 atom stereocenters. The first-order valence-corrected chi connectivity index (χ1v) is 9.98. The van der Waals surface area contributed by atoms with E-state index in [0.717, 1.165) is 30.3 Å². The Morgan fingerprint density at radius 2 is 2.05 bits per heavy atom. The summed E-state index contributed by atoms with van der Waals surface area (Å²) in [6.07, 6.45) is 6.19. The average molecular weight is 316 g/mol. The van der Waals surface area contributed by atoms with Crippen LogP contribution in [0.1, 0.15) is 39.0 Å². The van der Waals surface area contributed by atoms with Crippen LogP contribution >= 0.6 is 23.5 Å². The second-order valence-electron chi connectivity index (χ2n) is 5.98. The van der Waals surface area contributed by atoms with Gasteiger partial charge in [0.25, 0.3) is 0 Å². The Kier molecular flexibility index (Phi) is 4.88. The highest BCUT2D eigenvalue weighted by atomic mass is 32.2. The number of ether oxygens (including phenoxy) is 2. The second kappa shape index (κ2) is 6.49. The van der Waals surface area contributed by atoms with Crippen molar-refractivity contribution in [1.29, 1.82) is 0 Å². The quantitative estimate of drug-likeness (QED) is 0.745. The standard InChI is InChI=1S/C15H24O3S2/c1-2-17-12-9-13(15(12)5-3-4-6-15)18-14(16)11-10-19-7-8-20-11/h11-13H,2-10H2,1H3/t11-,12+,13-/m0/s1. The summed E-state index contributed by atoms with van der Waals surface area (Å²) in [6, 6.07) is 0. The van der Waals surface area contributed by atoms with Crippen LogP contribution in [0, 0.1) is 5.41 Å². The molecule has 2 aliphatic carbocycles. The van der Waals surface area contributed by atoms with Crippen molar-refractivity contribution < 1.29 is 14.3 Å². The van der Waals surface area contributed by atoms with Crippen LogP contribution in [0.5, 0.6) is 0 Å². The summed E-state index contributed by atoms with van der Waals surface area (Å²) in [6.45, 7) is 2.82. The highest BCUT2D eigenvalue weighted by Gasteiger charge is 2.59. The first kappa shape index (κ1) is 15.0. The molecule has 1 heterocycles. The summed E-state index contributed by atoms with van der Waals surface area (Å²) in [5.74, 6) is 3.17. The van der Waals surface area contributed by atoms with Crippen molar-refractivity contribution in [2.45, 2.75) is 56.5 Å². The predicted molar refractivity (Wildman–Crippen MR) is 84.4 cm³/mol. The van der Waals surface area contributed by atoms with Gasteiger partial charge in [0.1, 0.15) is 11.4 Å². The monoisotopic (exact) mass is 316 g/mol. The smallest absolute Gasteiger partial charge is 0.320 e. The maximum Gasteiger partial charge on any atom is 0.320 e. The number of rotatable bonds is 4. The molecule has 0 radical (unpaired) electrons. The van der Waals surface area contributed by atoms with Gasteiger partial charge in [-0.2, -0.15) is 11.8 Å². The van der Waals surface area contributed by atoms with Gasteiger partial charge in [-0.15, -0.1) is 11.8 Å². The van der Waals surface area contributed by atoms with Crippen molar-refractivity contribution >= 4 is 29.5 Å². The van der Waals surface area contributed by atoms with Gasteiger partial charge in [-0.1, -0.05) is 12.8 Å². The molecule has 0 N–H and O–H groups in total. The van der Waals surface area contributed by atoms with Crippen molar-refractivity contribution in [2.75, 3.05) is 23.9 Å². The van der Waals surface area contributed by atoms with E-state index in [9.17, 15) is 4.79 Å². The maximum atomic E-state index is 12.3. The largest absolute Gasteiger partial charge is 0.461 e. The van der Waals surface area contributed by atoms with Crippen LogP contribution in [-0.2, 0) is 14.3 Å². The SMILES string of the molecule is CCO[C@@H]1C[C@H](OC(=O)[C@@H]2CSCCS2)C12CCCC2. The van der Waals surface area contributed by atoms with Crippen molar-refractivity contribution in [1.82, 2.24) is 0 Å². The van der Waals surface area contributed by atoms with Crippen molar-refractivity contribution in [2.24, 2.45) is 5.41 Å². The molecule has 114 valence electrons. The molecule has 1 aliphatic heterocycles. The zero-order chi connectivity index (χ0) is 14.0. The Balaban J connectivity index is 1.58. The fraction of sp³-hybridized carbons (Fsp3) is 0.933. The molecule has 1 saturated heterocycles. The van der Waals surface area contributed by atoms with E-state index in [1.807, 2.05) is 11.8 Å². The Hall–Kier alpha value is 0.130. The number of carbonyl (C=O) groups excluding carboxylic acids is 1. The molecule has 3 fully saturated rings. The van der Waals surface area contributed by atoms with Crippen LogP contribution in [0.25, 0.3) is 0 Å². The van der Waals surface area contributed by atoms with Crippen molar-refractivity contribution in [3.05, 3.63) is 0 Å². The first-order valence-electron chi connectivity index (χ1n) is 7.78. The molecule has 0 amide bonds. The fourth-order valence-corrected chi connectivity index (χ4v) is 6.35. The van der Waals surface area contributed by atoms with Gasteiger partial charge in [0.05, 0.1) is 6.10 Å². The number of hydrogen-bond donors (Lipinski definition) is 0. The van der Waals surface area contributed by atoms with Crippen molar-refractivity contribution in [3.63, 3.8) is 0 Å². The zero-order valence-electron chi connectivity index (χ0n) is 12.1. The third-order valence-electron chi connectivity index (χ3n) is 4.95. The maximum absolute atomic E-state index is 12.3. The van der Waals surface area contributed by atoms with E-state index in [4.69, 9.17) is 9.47 Å². The van der Waals surface area contributed by atoms with Gasteiger partial charge >= 0.3 is 5.97 Å². The molecule has 0 aromatic rings. The van der Waals surface area contributed by atoms with Crippen molar-refractivity contribution in [3.8, 4) is 0 Å². The lowest BCUT2D eigenvalue weighted by molar-refractivity contribution is -0.210. The van der Waals surface area contributed by atoms with Crippen LogP contribution in [0.3, 0.4) is 0 Å². The predicted octanol–water partition coefficient (Wildman–Crippen LogP) is 3.12. The minimum atomic E-state index is 0.0217. The van der Waals surface area contributed by atoms with Crippen LogP contribution in [0.4, 0.5) is 0 Å². The van der Waals surface area contributed by atoms with E-state index in [2.05, 4.69) is 6.92 Å². The summed E-state index contributed by atoms with van der Waals surface area (Å²) in [4.78, 5) is 12.3. The Morgan fingerprint density at radius 1 is 1.25 bits per heavy atom. The first-order chi connectivity index (χ1) is 9.76. The summed E-state index contributed by atoms with van der Waals surface area (Å²) in [7, 11) is 0. The average Bonchev–Trinajstić information content (AvgIpc) is 2.99. The van der Waals surface area contributed by atoms with E-state index in [-0.39, 0.29) is 22.7 Å². The normalized spacial score (nSPS) is 35.8. The molecule has 20 heavy (non-hydrogen) atoms. The Bertz CT molecular complexity index is 349. The molecule has 2 saturated carbocycles. The van der Waals surface area contributed by atoms with E-state index in [1.54, 1.807) is 11.8 Å². The Labute approximate surface area is 129 Å². The fourth-order valence-electron chi connectivity index (χ4n) is 3.83. The molecule has 0 aromatic carbocycles. The molecule has 3 rings (SSSR count). The number of thioether (sulfide) groups is 2. The summed E-state index contributed by atoms with van der Waals surface area (Å²) in [5, 5.41) is 0.0540. The number of carbonyl (C=O) groups is 1. The lowest BCUT2D eigenvalue weighted by atomic mass is 9.62. The molecule has 1 spiro atoms. The van der Waals surface area contributed by atoms with E-state index in [1.165, 1.54) is 25.7 Å².